The number of nitrogens with zero attached hydrogens (tertiary/aromatic N) is 1. The minimum Gasteiger partial charge on any atom is -0.467 e. The van der Waals surface area contributed by atoms with Gasteiger partial charge in [0, 0.05) is 23.5 Å². The SMILES string of the molecule is Cc1cc(/C=C/C(=O)OCC(=O)NC(C)CCc2ccccc2)c(C)n1Cc1ccco1. The minimum atomic E-state index is -0.548. The molecule has 0 aliphatic heterocycles. The maximum absolute atomic E-state index is 12.1. The Kier molecular flexibility index (Phi) is 8.08. The number of hydrogen-bond acceptors (Lipinski definition) is 4. The lowest BCUT2D eigenvalue weighted by Crippen LogP contribution is -2.36. The Morgan fingerprint density at radius 1 is 1.16 bits per heavy atom. The van der Waals surface area contributed by atoms with Crippen LogP contribution in [0, 0.1) is 13.8 Å². The second kappa shape index (κ2) is 11.2. The first kappa shape index (κ1) is 23.1. The molecule has 0 saturated heterocycles. The molecule has 2 heterocycles. The first-order valence-electron chi connectivity index (χ1n) is 10.8. The van der Waals surface area contributed by atoms with E-state index in [9.17, 15) is 9.59 Å². The number of aromatic nitrogens is 1. The fourth-order valence-electron chi connectivity index (χ4n) is 3.56. The third-order valence-corrected chi connectivity index (χ3v) is 5.37. The van der Waals surface area contributed by atoms with Crippen molar-refractivity contribution in [2.24, 2.45) is 0 Å². The predicted octanol–water partition coefficient (Wildman–Crippen LogP) is 4.44. The van der Waals surface area contributed by atoms with Gasteiger partial charge >= 0.3 is 5.97 Å². The smallest absolute Gasteiger partial charge is 0.331 e. The highest BCUT2D eigenvalue weighted by atomic mass is 16.5. The van der Waals surface area contributed by atoms with Gasteiger partial charge in [-0.2, -0.15) is 0 Å². The summed E-state index contributed by atoms with van der Waals surface area (Å²) in [4.78, 5) is 24.1. The Bertz CT molecular complexity index is 1050. The molecule has 0 bridgehead atoms. The molecule has 1 aromatic carbocycles. The Morgan fingerprint density at radius 2 is 1.94 bits per heavy atom. The molecule has 0 spiro atoms. The molecule has 32 heavy (non-hydrogen) atoms. The van der Waals surface area contributed by atoms with Crippen LogP contribution in [0.2, 0.25) is 0 Å². The van der Waals surface area contributed by atoms with Crippen LogP contribution in [0.3, 0.4) is 0 Å². The van der Waals surface area contributed by atoms with Crippen molar-refractivity contribution >= 4 is 18.0 Å². The van der Waals surface area contributed by atoms with Crippen LogP contribution in [0.4, 0.5) is 0 Å². The van der Waals surface area contributed by atoms with Gasteiger partial charge in [0.2, 0.25) is 0 Å². The molecule has 1 atom stereocenters. The predicted molar refractivity (Wildman–Crippen MR) is 124 cm³/mol. The fraction of sp³-hybridized carbons (Fsp3) is 0.308. The summed E-state index contributed by atoms with van der Waals surface area (Å²) >= 11 is 0. The van der Waals surface area contributed by atoms with Crippen molar-refractivity contribution in [1.29, 1.82) is 0 Å². The van der Waals surface area contributed by atoms with Crippen LogP contribution in [0.25, 0.3) is 6.08 Å². The molecule has 1 unspecified atom stereocenters. The van der Waals surface area contributed by atoms with E-state index in [1.54, 1.807) is 12.3 Å². The molecule has 0 aliphatic rings. The summed E-state index contributed by atoms with van der Waals surface area (Å²) in [7, 11) is 0. The van der Waals surface area contributed by atoms with Gasteiger partial charge in [-0.25, -0.2) is 4.79 Å². The van der Waals surface area contributed by atoms with Crippen molar-refractivity contribution in [3.8, 4) is 0 Å². The van der Waals surface area contributed by atoms with Gasteiger partial charge in [0.25, 0.3) is 5.91 Å². The summed E-state index contributed by atoms with van der Waals surface area (Å²) < 4.78 is 12.6. The average molecular weight is 435 g/mol. The molecule has 1 amide bonds. The molecule has 3 rings (SSSR count). The molecule has 1 N–H and O–H groups in total. The van der Waals surface area contributed by atoms with Gasteiger partial charge in [-0.15, -0.1) is 0 Å². The Labute approximate surface area is 188 Å². The molecular formula is C26H30N2O4. The third kappa shape index (κ3) is 6.74. The van der Waals surface area contributed by atoms with Crippen LogP contribution >= 0.6 is 0 Å². The van der Waals surface area contributed by atoms with E-state index in [0.29, 0.717) is 6.54 Å². The zero-order chi connectivity index (χ0) is 22.9. The zero-order valence-electron chi connectivity index (χ0n) is 18.8. The number of carbonyl (C=O) groups is 2. The van der Waals surface area contributed by atoms with Gasteiger partial charge in [0.05, 0.1) is 12.8 Å². The zero-order valence-corrected chi connectivity index (χ0v) is 18.8. The van der Waals surface area contributed by atoms with Crippen LogP contribution in [0.1, 0.15) is 41.6 Å². The number of nitrogens with one attached hydrogen (secondary N) is 1. The second-order valence-corrected chi connectivity index (χ2v) is 7.93. The molecule has 168 valence electrons. The quantitative estimate of drug-likeness (QED) is 0.378. The fourth-order valence-corrected chi connectivity index (χ4v) is 3.56. The van der Waals surface area contributed by atoms with Crippen LogP contribution in [0.15, 0.2) is 65.3 Å². The maximum atomic E-state index is 12.1. The molecule has 0 radical (unpaired) electrons. The normalized spacial score (nSPS) is 12.1. The van der Waals surface area contributed by atoms with Crippen molar-refractivity contribution < 1.29 is 18.7 Å². The van der Waals surface area contributed by atoms with Gasteiger partial charge < -0.3 is 19.0 Å². The number of hydrogen-bond donors (Lipinski definition) is 1. The van der Waals surface area contributed by atoms with Crippen molar-refractivity contribution in [3.63, 3.8) is 0 Å². The van der Waals surface area contributed by atoms with Gasteiger partial charge in [-0.05, 0) is 69.0 Å². The number of benzene rings is 1. The second-order valence-electron chi connectivity index (χ2n) is 7.93. The number of aryl methyl sites for hydroxylation is 2. The largest absolute Gasteiger partial charge is 0.467 e. The van der Waals surface area contributed by atoms with E-state index in [1.807, 2.05) is 57.2 Å². The number of esters is 1. The van der Waals surface area contributed by atoms with Gasteiger partial charge in [-0.1, -0.05) is 30.3 Å². The van der Waals surface area contributed by atoms with Crippen molar-refractivity contribution in [2.45, 2.75) is 46.2 Å². The summed E-state index contributed by atoms with van der Waals surface area (Å²) in [6.45, 7) is 6.28. The molecule has 0 saturated carbocycles. The number of amides is 1. The number of rotatable bonds is 10. The topological polar surface area (TPSA) is 73.5 Å². The van der Waals surface area contributed by atoms with Crippen LogP contribution in [-0.2, 0) is 27.3 Å². The monoisotopic (exact) mass is 434 g/mol. The first-order valence-corrected chi connectivity index (χ1v) is 10.8. The summed E-state index contributed by atoms with van der Waals surface area (Å²) in [5.41, 5.74) is 4.24. The number of furan rings is 1. The van der Waals surface area contributed by atoms with E-state index in [1.165, 1.54) is 11.6 Å². The molecule has 3 aromatic rings. The van der Waals surface area contributed by atoms with E-state index < -0.39 is 5.97 Å². The molecule has 6 heteroatoms. The first-order chi connectivity index (χ1) is 15.4. The lowest BCUT2D eigenvalue weighted by molar-refractivity contribution is -0.144. The highest BCUT2D eigenvalue weighted by Gasteiger charge is 2.11. The van der Waals surface area contributed by atoms with Crippen LogP contribution in [-0.4, -0.2) is 29.1 Å². The Morgan fingerprint density at radius 3 is 2.66 bits per heavy atom. The highest BCUT2D eigenvalue weighted by molar-refractivity contribution is 5.89. The minimum absolute atomic E-state index is 0.00324. The van der Waals surface area contributed by atoms with Gasteiger partial charge in [-0.3, -0.25) is 4.79 Å². The van der Waals surface area contributed by atoms with E-state index in [2.05, 4.69) is 22.0 Å². The summed E-state index contributed by atoms with van der Waals surface area (Å²) in [6, 6.07) is 15.9. The standard InChI is InChI=1S/C26H30N2O4/c1-19(11-12-22-8-5-4-6-9-22)27-25(29)18-32-26(30)14-13-23-16-20(2)28(21(23)3)17-24-10-7-15-31-24/h4-10,13-16,19H,11-12,17-18H2,1-3H3,(H,27,29)/b14-13+. The van der Waals surface area contributed by atoms with Crippen molar-refractivity contribution in [3.05, 3.63) is 89.1 Å². The van der Waals surface area contributed by atoms with Crippen molar-refractivity contribution in [1.82, 2.24) is 9.88 Å². The number of ether oxygens (including phenoxy) is 1. The Hall–Kier alpha value is -3.54. The Balaban J connectivity index is 1.43. The summed E-state index contributed by atoms with van der Waals surface area (Å²) in [6.07, 6.45) is 6.41. The lowest BCUT2D eigenvalue weighted by Gasteiger charge is -2.13. The van der Waals surface area contributed by atoms with E-state index in [-0.39, 0.29) is 18.6 Å². The molecule has 0 aliphatic carbocycles. The molecule has 2 aromatic heterocycles. The highest BCUT2D eigenvalue weighted by Crippen LogP contribution is 2.18. The van der Waals surface area contributed by atoms with Crippen molar-refractivity contribution in [2.75, 3.05) is 6.61 Å². The molecular weight excluding hydrogens is 404 g/mol. The lowest BCUT2D eigenvalue weighted by atomic mass is 10.1. The van der Waals surface area contributed by atoms with Gasteiger partial charge in [0.1, 0.15) is 5.76 Å². The molecule has 6 nitrogen and oxygen atoms in total. The maximum Gasteiger partial charge on any atom is 0.331 e. The van der Waals surface area contributed by atoms with Gasteiger partial charge in [0.15, 0.2) is 6.61 Å². The average Bonchev–Trinajstić information content (AvgIpc) is 3.39. The summed E-state index contributed by atoms with van der Waals surface area (Å²) in [5.74, 6) is 0.0163. The number of carbonyl (C=O) groups excluding carboxylic acids is 2. The van der Waals surface area contributed by atoms with E-state index in [0.717, 1.165) is 35.6 Å². The van der Waals surface area contributed by atoms with E-state index >= 15 is 0 Å². The van der Waals surface area contributed by atoms with E-state index in [4.69, 9.17) is 9.15 Å². The summed E-state index contributed by atoms with van der Waals surface area (Å²) in [5, 5.41) is 2.87. The third-order valence-electron chi connectivity index (χ3n) is 5.37. The van der Waals surface area contributed by atoms with Crippen LogP contribution < -0.4 is 5.32 Å². The molecule has 0 fully saturated rings. The van der Waals surface area contributed by atoms with Crippen LogP contribution in [0.5, 0.6) is 0 Å².